The van der Waals surface area contributed by atoms with E-state index in [0.717, 1.165) is 18.5 Å². The highest BCUT2D eigenvalue weighted by molar-refractivity contribution is 7.93. The van der Waals surface area contributed by atoms with E-state index in [9.17, 15) is 16.8 Å². The lowest BCUT2D eigenvalue weighted by Crippen LogP contribution is -2.30. The van der Waals surface area contributed by atoms with Crippen molar-refractivity contribution in [2.75, 3.05) is 37.2 Å². The third-order valence-corrected chi connectivity index (χ3v) is 6.52. The van der Waals surface area contributed by atoms with Gasteiger partial charge in [0.25, 0.3) is 0 Å². The molecule has 1 aliphatic rings. The Morgan fingerprint density at radius 1 is 1.24 bits per heavy atom. The number of sulfonamides is 2. The molecule has 8 nitrogen and oxygen atoms in total. The average molecular weight is 389 g/mol. The first-order valence-electron chi connectivity index (χ1n) is 7.84. The second-order valence-corrected chi connectivity index (χ2v) is 9.25. The van der Waals surface area contributed by atoms with Gasteiger partial charge in [0.1, 0.15) is 10.6 Å². The van der Waals surface area contributed by atoms with Crippen LogP contribution in [0, 0.1) is 0 Å². The molecule has 1 aliphatic heterocycles. The monoisotopic (exact) mass is 389 g/mol. The van der Waals surface area contributed by atoms with Crippen molar-refractivity contribution in [1.82, 2.24) is 10.0 Å². The van der Waals surface area contributed by atoms with Crippen LogP contribution in [0.5, 0.6) is 5.75 Å². The molecule has 0 spiro atoms. The summed E-state index contributed by atoms with van der Waals surface area (Å²) in [4.78, 5) is -0.139. The van der Waals surface area contributed by atoms with Crippen LogP contribution in [0.25, 0.3) is 0 Å². The molecular formula is C15H23N3O5S2. The summed E-state index contributed by atoms with van der Waals surface area (Å²) < 4.78 is 58.9. The Hall–Kier alpha value is -1.62. The van der Waals surface area contributed by atoms with Gasteiger partial charge < -0.3 is 10.1 Å². The van der Waals surface area contributed by atoms with Crippen LogP contribution in [0.2, 0.25) is 0 Å². The standard InChI is InChI=1S/C15H23N3O5S2/c1-3-24(19,20)18-14-10-13(23-2)4-5-15(14)25(21,22)17-11-12-6-8-16-9-7-12/h4-6,10,16-18H,3,7-9,11H2,1-2H3. The fourth-order valence-electron chi connectivity index (χ4n) is 2.29. The van der Waals surface area contributed by atoms with E-state index in [0.29, 0.717) is 12.3 Å². The first-order valence-corrected chi connectivity index (χ1v) is 11.0. The molecule has 0 amide bonds. The Labute approximate surface area is 148 Å². The second-order valence-electron chi connectivity index (χ2n) is 5.51. The van der Waals surface area contributed by atoms with Gasteiger partial charge in [-0.15, -0.1) is 0 Å². The van der Waals surface area contributed by atoms with Crippen molar-refractivity contribution in [1.29, 1.82) is 0 Å². The van der Waals surface area contributed by atoms with Crippen LogP contribution in [-0.4, -0.2) is 49.3 Å². The largest absolute Gasteiger partial charge is 0.497 e. The van der Waals surface area contributed by atoms with Crippen LogP contribution in [-0.2, 0) is 20.0 Å². The van der Waals surface area contributed by atoms with Gasteiger partial charge in [-0.3, -0.25) is 4.72 Å². The molecule has 0 bridgehead atoms. The molecule has 25 heavy (non-hydrogen) atoms. The topological polar surface area (TPSA) is 114 Å². The van der Waals surface area contributed by atoms with E-state index in [1.54, 1.807) is 0 Å². The van der Waals surface area contributed by atoms with Crippen molar-refractivity contribution in [3.63, 3.8) is 0 Å². The zero-order chi connectivity index (χ0) is 18.5. The second kappa shape index (κ2) is 8.17. The summed E-state index contributed by atoms with van der Waals surface area (Å²) >= 11 is 0. The van der Waals surface area contributed by atoms with Gasteiger partial charge in [-0.1, -0.05) is 11.6 Å². The third kappa shape index (κ3) is 5.43. The summed E-state index contributed by atoms with van der Waals surface area (Å²) in [5.41, 5.74) is 0.958. The summed E-state index contributed by atoms with van der Waals surface area (Å²) in [6.45, 7) is 3.17. The third-order valence-electron chi connectivity index (χ3n) is 3.77. The molecule has 1 aromatic rings. The van der Waals surface area contributed by atoms with Crippen LogP contribution in [0.3, 0.4) is 0 Å². The Morgan fingerprint density at radius 2 is 2.00 bits per heavy atom. The number of nitrogens with one attached hydrogen (secondary N) is 3. The Balaban J connectivity index is 2.30. The molecule has 0 fully saturated rings. The lowest BCUT2D eigenvalue weighted by atomic mass is 10.1. The minimum absolute atomic E-state index is 0.0343. The van der Waals surface area contributed by atoms with E-state index in [-0.39, 0.29) is 22.9 Å². The van der Waals surface area contributed by atoms with Crippen molar-refractivity contribution >= 4 is 25.7 Å². The zero-order valence-corrected chi connectivity index (χ0v) is 15.8. The van der Waals surface area contributed by atoms with Crippen LogP contribution in [0.15, 0.2) is 34.7 Å². The first-order chi connectivity index (χ1) is 11.8. The SMILES string of the molecule is CCS(=O)(=O)Nc1cc(OC)ccc1S(=O)(=O)NCC1=CCNCC1. The predicted octanol–water partition coefficient (Wildman–Crippen LogP) is 0.655. The van der Waals surface area contributed by atoms with E-state index in [4.69, 9.17) is 4.74 Å². The molecule has 0 atom stereocenters. The van der Waals surface area contributed by atoms with Gasteiger partial charge in [-0.25, -0.2) is 21.6 Å². The maximum Gasteiger partial charge on any atom is 0.242 e. The summed E-state index contributed by atoms with van der Waals surface area (Å²) in [5, 5.41) is 3.15. The number of methoxy groups -OCH3 is 1. The molecule has 10 heteroatoms. The van der Waals surface area contributed by atoms with E-state index in [1.165, 1.54) is 32.2 Å². The Morgan fingerprint density at radius 3 is 2.60 bits per heavy atom. The van der Waals surface area contributed by atoms with Crippen LogP contribution in [0.4, 0.5) is 5.69 Å². The number of anilines is 1. The van der Waals surface area contributed by atoms with Crippen LogP contribution in [0.1, 0.15) is 13.3 Å². The van der Waals surface area contributed by atoms with E-state index < -0.39 is 20.0 Å². The van der Waals surface area contributed by atoms with Crippen LogP contribution >= 0.6 is 0 Å². The summed E-state index contributed by atoms with van der Waals surface area (Å²) in [6.07, 6.45) is 2.71. The number of rotatable bonds is 8. The molecule has 0 saturated carbocycles. The average Bonchev–Trinajstić information content (AvgIpc) is 2.60. The predicted molar refractivity (Wildman–Crippen MR) is 96.8 cm³/mol. The van der Waals surface area contributed by atoms with Gasteiger partial charge in [-0.2, -0.15) is 0 Å². The lowest BCUT2D eigenvalue weighted by Gasteiger charge is -2.17. The first kappa shape index (κ1) is 19.7. The molecular weight excluding hydrogens is 366 g/mol. The molecule has 0 aromatic heterocycles. The van der Waals surface area contributed by atoms with E-state index in [1.807, 2.05) is 6.08 Å². The van der Waals surface area contributed by atoms with Gasteiger partial charge in [0.15, 0.2) is 0 Å². The minimum atomic E-state index is -3.89. The fourth-order valence-corrected chi connectivity index (χ4v) is 4.18. The van der Waals surface area contributed by atoms with Gasteiger partial charge in [-0.05, 0) is 32.0 Å². The maximum atomic E-state index is 12.6. The number of hydrogen-bond acceptors (Lipinski definition) is 6. The number of hydrogen-bond donors (Lipinski definition) is 3. The fraction of sp³-hybridized carbons (Fsp3) is 0.467. The summed E-state index contributed by atoms with van der Waals surface area (Å²) in [7, 11) is -6.10. The van der Waals surface area contributed by atoms with Crippen molar-refractivity contribution in [2.45, 2.75) is 18.2 Å². The van der Waals surface area contributed by atoms with E-state index in [2.05, 4.69) is 14.8 Å². The summed E-state index contributed by atoms with van der Waals surface area (Å²) in [6, 6.07) is 4.15. The van der Waals surface area contributed by atoms with Crippen molar-refractivity contribution < 1.29 is 21.6 Å². The van der Waals surface area contributed by atoms with Crippen LogP contribution < -0.4 is 19.5 Å². The molecule has 0 saturated heterocycles. The maximum absolute atomic E-state index is 12.6. The Bertz CT molecular complexity index is 848. The molecule has 140 valence electrons. The highest BCUT2D eigenvalue weighted by atomic mass is 32.2. The number of ether oxygens (including phenoxy) is 1. The van der Waals surface area contributed by atoms with E-state index >= 15 is 0 Å². The van der Waals surface area contributed by atoms with Gasteiger partial charge in [0.2, 0.25) is 20.0 Å². The minimum Gasteiger partial charge on any atom is -0.497 e. The number of benzene rings is 1. The van der Waals surface area contributed by atoms with Gasteiger partial charge in [0, 0.05) is 19.2 Å². The highest BCUT2D eigenvalue weighted by Gasteiger charge is 2.22. The molecule has 0 aliphatic carbocycles. The molecule has 1 aromatic carbocycles. The Kier molecular flexibility index (Phi) is 6.44. The molecule has 0 unspecified atom stereocenters. The normalized spacial score (nSPS) is 15.5. The quantitative estimate of drug-likeness (QED) is 0.563. The molecule has 1 heterocycles. The highest BCUT2D eigenvalue weighted by Crippen LogP contribution is 2.27. The lowest BCUT2D eigenvalue weighted by molar-refractivity contribution is 0.414. The van der Waals surface area contributed by atoms with Gasteiger partial charge in [0.05, 0.1) is 18.6 Å². The molecule has 2 rings (SSSR count). The smallest absolute Gasteiger partial charge is 0.242 e. The molecule has 3 N–H and O–H groups in total. The molecule has 0 radical (unpaired) electrons. The van der Waals surface area contributed by atoms with Gasteiger partial charge >= 0.3 is 0 Å². The summed E-state index contributed by atoms with van der Waals surface area (Å²) in [5.74, 6) is 0.186. The van der Waals surface area contributed by atoms with Crippen molar-refractivity contribution in [3.8, 4) is 5.75 Å². The van der Waals surface area contributed by atoms with Crippen molar-refractivity contribution in [3.05, 3.63) is 29.8 Å². The zero-order valence-electron chi connectivity index (χ0n) is 14.2. The van der Waals surface area contributed by atoms with Crippen molar-refractivity contribution in [2.24, 2.45) is 0 Å².